The standard InChI is InChI=1S/C10H22O3S.Na/c1-2-3-4-5-6-7-8-9-10-14(11,12)13;/h2-10H2,1H3,(H,11,12,13);. The molecule has 0 saturated carbocycles. The van der Waals surface area contributed by atoms with Crippen LogP contribution in [0.4, 0.5) is 0 Å². The van der Waals surface area contributed by atoms with Crippen LogP contribution in [0.3, 0.4) is 0 Å². The van der Waals surface area contributed by atoms with Crippen LogP contribution in [0, 0.1) is 0 Å². The molecule has 0 atom stereocenters. The van der Waals surface area contributed by atoms with Gasteiger partial charge in [-0.25, -0.2) is 0 Å². The molecule has 0 aromatic heterocycles. The molecule has 0 aliphatic rings. The predicted molar refractivity (Wildman–Crippen MR) is 64.8 cm³/mol. The van der Waals surface area contributed by atoms with Crippen molar-refractivity contribution in [3.63, 3.8) is 0 Å². The summed E-state index contributed by atoms with van der Waals surface area (Å²) < 4.78 is 29.2. The molecular weight excluding hydrogens is 223 g/mol. The van der Waals surface area contributed by atoms with E-state index in [2.05, 4.69) is 6.92 Å². The quantitative estimate of drug-likeness (QED) is 0.386. The molecule has 0 rings (SSSR count). The summed E-state index contributed by atoms with van der Waals surface area (Å²) in [6.07, 6.45) is 8.85. The maximum atomic E-state index is 10.4. The van der Waals surface area contributed by atoms with Crippen LogP contribution in [0.25, 0.3) is 0 Å². The Morgan fingerprint density at radius 1 is 0.867 bits per heavy atom. The third-order valence-corrected chi connectivity index (χ3v) is 3.06. The first kappa shape index (κ1) is 18.3. The summed E-state index contributed by atoms with van der Waals surface area (Å²) in [4.78, 5) is 0. The van der Waals surface area contributed by atoms with Crippen LogP contribution in [-0.4, -0.2) is 48.3 Å². The van der Waals surface area contributed by atoms with Gasteiger partial charge in [0, 0.05) is 29.6 Å². The minimum Gasteiger partial charge on any atom is -0.286 e. The zero-order chi connectivity index (χ0) is 10.9. The molecule has 0 heterocycles. The minimum absolute atomic E-state index is 0. The second-order valence-electron chi connectivity index (χ2n) is 3.76. The Morgan fingerprint density at radius 3 is 1.67 bits per heavy atom. The summed E-state index contributed by atoms with van der Waals surface area (Å²) in [5.41, 5.74) is 0. The van der Waals surface area contributed by atoms with E-state index in [0.29, 0.717) is 6.42 Å². The van der Waals surface area contributed by atoms with E-state index in [1.165, 1.54) is 32.1 Å². The van der Waals surface area contributed by atoms with Crippen LogP contribution in [0.15, 0.2) is 0 Å². The van der Waals surface area contributed by atoms with E-state index in [9.17, 15) is 8.42 Å². The van der Waals surface area contributed by atoms with Crippen molar-refractivity contribution in [1.82, 2.24) is 0 Å². The molecule has 0 unspecified atom stereocenters. The molecule has 0 aromatic rings. The molecule has 3 nitrogen and oxygen atoms in total. The molecule has 0 amide bonds. The molecule has 0 bridgehead atoms. The largest absolute Gasteiger partial charge is 0.286 e. The molecule has 87 valence electrons. The van der Waals surface area contributed by atoms with Crippen LogP contribution in [0.1, 0.15) is 58.3 Å². The third kappa shape index (κ3) is 17.5. The van der Waals surface area contributed by atoms with Crippen molar-refractivity contribution in [2.75, 3.05) is 5.75 Å². The molecule has 0 fully saturated rings. The second kappa shape index (κ2) is 11.4. The van der Waals surface area contributed by atoms with E-state index >= 15 is 0 Å². The predicted octanol–water partition coefficient (Wildman–Crippen LogP) is 2.63. The molecule has 0 aromatic carbocycles. The van der Waals surface area contributed by atoms with Gasteiger partial charge in [0.1, 0.15) is 0 Å². The van der Waals surface area contributed by atoms with Crippen molar-refractivity contribution in [1.29, 1.82) is 0 Å². The maximum absolute atomic E-state index is 10.4. The van der Waals surface area contributed by atoms with Gasteiger partial charge in [-0.3, -0.25) is 4.55 Å². The summed E-state index contributed by atoms with van der Waals surface area (Å²) >= 11 is 0. The third-order valence-electron chi connectivity index (χ3n) is 2.26. The summed E-state index contributed by atoms with van der Waals surface area (Å²) in [5, 5.41) is 0. The molecule has 0 aliphatic heterocycles. The second-order valence-corrected chi connectivity index (χ2v) is 5.33. The van der Waals surface area contributed by atoms with E-state index in [1.54, 1.807) is 0 Å². The van der Waals surface area contributed by atoms with Crippen molar-refractivity contribution < 1.29 is 13.0 Å². The Labute approximate surface area is 116 Å². The SMILES string of the molecule is CCCCCCCCCCS(=O)(=O)O.[Na]. The first-order valence-corrected chi connectivity index (χ1v) is 7.12. The van der Waals surface area contributed by atoms with E-state index in [1.807, 2.05) is 0 Å². The fourth-order valence-corrected chi connectivity index (χ4v) is 1.99. The number of hydrogen-bond donors (Lipinski definition) is 1. The van der Waals surface area contributed by atoms with E-state index in [-0.39, 0.29) is 35.3 Å². The molecule has 1 N–H and O–H groups in total. The van der Waals surface area contributed by atoms with Crippen LogP contribution >= 0.6 is 0 Å². The zero-order valence-corrected chi connectivity index (χ0v) is 12.9. The van der Waals surface area contributed by atoms with Gasteiger partial charge in [0.15, 0.2) is 0 Å². The van der Waals surface area contributed by atoms with Crippen molar-refractivity contribution >= 4 is 39.7 Å². The average Bonchev–Trinajstić information content (AvgIpc) is 2.08. The number of unbranched alkanes of at least 4 members (excludes halogenated alkanes) is 7. The first-order valence-electron chi connectivity index (χ1n) is 5.51. The Bertz CT molecular complexity index is 215. The first-order chi connectivity index (χ1) is 6.56. The van der Waals surface area contributed by atoms with Crippen LogP contribution < -0.4 is 0 Å². The van der Waals surface area contributed by atoms with Crippen LogP contribution in [0.2, 0.25) is 0 Å². The zero-order valence-electron chi connectivity index (χ0n) is 10.0. The van der Waals surface area contributed by atoms with Crippen molar-refractivity contribution in [3.05, 3.63) is 0 Å². The van der Waals surface area contributed by atoms with Gasteiger partial charge in [-0.1, -0.05) is 51.9 Å². The summed E-state index contributed by atoms with van der Waals surface area (Å²) in [6.45, 7) is 2.19. The van der Waals surface area contributed by atoms with Crippen LogP contribution in [0.5, 0.6) is 0 Å². The van der Waals surface area contributed by atoms with Gasteiger partial charge in [-0.05, 0) is 6.42 Å². The van der Waals surface area contributed by atoms with Gasteiger partial charge in [0.2, 0.25) is 0 Å². The van der Waals surface area contributed by atoms with Gasteiger partial charge >= 0.3 is 0 Å². The molecule has 5 heteroatoms. The smallest absolute Gasteiger partial charge is 0.264 e. The molecule has 15 heavy (non-hydrogen) atoms. The van der Waals surface area contributed by atoms with E-state index < -0.39 is 10.1 Å². The summed E-state index contributed by atoms with van der Waals surface area (Å²) in [7, 11) is -3.73. The Hall–Kier alpha value is 0.910. The van der Waals surface area contributed by atoms with Gasteiger partial charge in [-0.15, -0.1) is 0 Å². The van der Waals surface area contributed by atoms with Gasteiger partial charge in [0.05, 0.1) is 5.75 Å². The normalized spacial score (nSPS) is 11.1. The Balaban J connectivity index is 0. The molecular formula is C10H22NaO3S. The van der Waals surface area contributed by atoms with Crippen molar-refractivity contribution in [2.45, 2.75) is 58.3 Å². The minimum atomic E-state index is -3.73. The van der Waals surface area contributed by atoms with E-state index in [0.717, 1.165) is 12.8 Å². The molecule has 0 spiro atoms. The average molecular weight is 245 g/mol. The van der Waals surface area contributed by atoms with Gasteiger partial charge in [-0.2, -0.15) is 8.42 Å². The summed E-state index contributed by atoms with van der Waals surface area (Å²) in [5.74, 6) is -0.0814. The van der Waals surface area contributed by atoms with Gasteiger partial charge in [0.25, 0.3) is 10.1 Å². The number of rotatable bonds is 9. The molecule has 0 saturated heterocycles. The topological polar surface area (TPSA) is 54.4 Å². The number of hydrogen-bond acceptors (Lipinski definition) is 2. The Kier molecular flexibility index (Phi) is 13.9. The Morgan fingerprint density at radius 2 is 1.27 bits per heavy atom. The van der Waals surface area contributed by atoms with Crippen molar-refractivity contribution in [3.8, 4) is 0 Å². The monoisotopic (exact) mass is 245 g/mol. The molecule has 1 radical (unpaired) electrons. The molecule has 0 aliphatic carbocycles. The van der Waals surface area contributed by atoms with Crippen molar-refractivity contribution in [2.24, 2.45) is 0 Å². The maximum Gasteiger partial charge on any atom is 0.264 e. The van der Waals surface area contributed by atoms with Crippen LogP contribution in [-0.2, 0) is 10.1 Å². The fraction of sp³-hybridized carbons (Fsp3) is 1.00. The van der Waals surface area contributed by atoms with Gasteiger partial charge < -0.3 is 0 Å². The van der Waals surface area contributed by atoms with E-state index in [4.69, 9.17) is 4.55 Å². The summed E-state index contributed by atoms with van der Waals surface area (Å²) in [6, 6.07) is 0. The fourth-order valence-electron chi connectivity index (χ4n) is 1.42.